The lowest BCUT2D eigenvalue weighted by atomic mass is 10.2. The Kier molecular flexibility index (Phi) is 6.05. The minimum absolute atomic E-state index is 0.182. The van der Waals surface area contributed by atoms with Gasteiger partial charge >= 0.3 is 0 Å². The van der Waals surface area contributed by atoms with Crippen LogP contribution in [0, 0.1) is 6.92 Å². The van der Waals surface area contributed by atoms with E-state index in [-0.39, 0.29) is 5.91 Å². The smallest absolute Gasteiger partial charge is 0.270 e. The molecule has 0 radical (unpaired) electrons. The van der Waals surface area contributed by atoms with Gasteiger partial charge in [-0.2, -0.15) is 0 Å². The number of amides is 1. The molecule has 0 atom stereocenters. The molecular formula is C17H23N5O. The molecule has 0 aliphatic rings. The van der Waals surface area contributed by atoms with E-state index in [1.54, 1.807) is 12.3 Å². The van der Waals surface area contributed by atoms with Gasteiger partial charge in [0.15, 0.2) is 0 Å². The molecule has 0 unspecified atom stereocenters. The molecule has 2 aromatic rings. The molecular weight excluding hydrogens is 290 g/mol. The summed E-state index contributed by atoms with van der Waals surface area (Å²) < 4.78 is 0. The van der Waals surface area contributed by atoms with Crippen molar-refractivity contribution in [3.63, 3.8) is 0 Å². The first-order chi connectivity index (χ1) is 11.0. The molecule has 0 saturated heterocycles. The zero-order valence-corrected chi connectivity index (χ0v) is 13.8. The predicted molar refractivity (Wildman–Crippen MR) is 92.0 cm³/mol. The Morgan fingerprint density at radius 3 is 2.83 bits per heavy atom. The lowest BCUT2D eigenvalue weighted by molar-refractivity contribution is 0.0947. The zero-order chi connectivity index (χ0) is 16.7. The van der Waals surface area contributed by atoms with E-state index in [1.807, 2.05) is 45.3 Å². The van der Waals surface area contributed by atoms with Gasteiger partial charge in [0.25, 0.3) is 5.91 Å². The highest BCUT2D eigenvalue weighted by Crippen LogP contribution is 2.14. The van der Waals surface area contributed by atoms with Crippen molar-refractivity contribution in [3.05, 3.63) is 47.8 Å². The molecule has 2 N–H and O–H groups in total. The molecule has 23 heavy (non-hydrogen) atoms. The van der Waals surface area contributed by atoms with Crippen LogP contribution in [0.25, 0.3) is 0 Å². The average Bonchev–Trinajstić information content (AvgIpc) is 2.51. The summed E-state index contributed by atoms with van der Waals surface area (Å²) in [6.45, 7) is 3.58. The normalized spacial score (nSPS) is 10.6. The van der Waals surface area contributed by atoms with Crippen LogP contribution in [0.3, 0.4) is 0 Å². The highest BCUT2D eigenvalue weighted by atomic mass is 16.1. The van der Waals surface area contributed by atoms with Crippen LogP contribution in [0.2, 0.25) is 0 Å². The standard InChI is InChI=1S/C17H23N5O/c1-13-6-4-7-14(12-13)20-17-19-10-8-15(21-17)16(23)18-9-5-11-22(2)3/h4,6-8,10,12H,5,9,11H2,1-3H3,(H,18,23)(H,19,20,21). The van der Waals surface area contributed by atoms with Crippen molar-refractivity contribution >= 4 is 17.5 Å². The van der Waals surface area contributed by atoms with Crippen molar-refractivity contribution in [2.24, 2.45) is 0 Å². The van der Waals surface area contributed by atoms with Crippen LogP contribution >= 0.6 is 0 Å². The maximum Gasteiger partial charge on any atom is 0.270 e. The number of rotatable bonds is 7. The van der Waals surface area contributed by atoms with E-state index in [2.05, 4.69) is 25.5 Å². The van der Waals surface area contributed by atoms with Gasteiger partial charge in [0, 0.05) is 18.4 Å². The van der Waals surface area contributed by atoms with E-state index in [1.165, 1.54) is 0 Å². The molecule has 0 spiro atoms. The predicted octanol–water partition coefficient (Wildman–Crippen LogP) is 2.21. The Labute approximate surface area is 137 Å². The Balaban J connectivity index is 1.95. The second-order valence-corrected chi connectivity index (χ2v) is 5.67. The number of hydrogen-bond donors (Lipinski definition) is 2. The molecule has 122 valence electrons. The third-order valence-electron chi connectivity index (χ3n) is 3.23. The lowest BCUT2D eigenvalue weighted by Crippen LogP contribution is -2.28. The highest BCUT2D eigenvalue weighted by molar-refractivity contribution is 5.92. The SMILES string of the molecule is Cc1cccc(Nc2nccc(C(=O)NCCCN(C)C)n2)c1. The molecule has 1 aromatic heterocycles. The van der Waals surface area contributed by atoms with Crippen LogP contribution in [0.4, 0.5) is 11.6 Å². The minimum atomic E-state index is -0.182. The quantitative estimate of drug-likeness (QED) is 0.767. The Bertz CT molecular complexity index is 657. The van der Waals surface area contributed by atoms with Crippen molar-refractivity contribution in [2.45, 2.75) is 13.3 Å². The number of carbonyl (C=O) groups is 1. The number of nitrogens with zero attached hydrogens (tertiary/aromatic N) is 3. The molecule has 1 amide bonds. The summed E-state index contributed by atoms with van der Waals surface area (Å²) in [4.78, 5) is 22.6. The first-order valence-corrected chi connectivity index (χ1v) is 7.64. The Morgan fingerprint density at radius 2 is 2.09 bits per heavy atom. The van der Waals surface area contributed by atoms with Gasteiger partial charge in [0.1, 0.15) is 5.69 Å². The fourth-order valence-electron chi connectivity index (χ4n) is 2.09. The number of hydrogen-bond acceptors (Lipinski definition) is 5. The number of nitrogens with one attached hydrogen (secondary N) is 2. The van der Waals surface area contributed by atoms with Crippen LogP contribution in [-0.2, 0) is 0 Å². The lowest BCUT2D eigenvalue weighted by Gasteiger charge is -2.10. The van der Waals surface area contributed by atoms with Crippen LogP contribution in [-0.4, -0.2) is 48.0 Å². The number of aryl methyl sites for hydroxylation is 1. The summed E-state index contributed by atoms with van der Waals surface area (Å²) in [5, 5.41) is 5.98. The first kappa shape index (κ1) is 16.9. The maximum atomic E-state index is 12.1. The molecule has 2 rings (SSSR count). The monoisotopic (exact) mass is 313 g/mol. The summed E-state index contributed by atoms with van der Waals surface area (Å²) in [5.74, 6) is 0.231. The molecule has 0 aliphatic heterocycles. The topological polar surface area (TPSA) is 70.2 Å². The Hall–Kier alpha value is -2.47. The van der Waals surface area contributed by atoms with Gasteiger partial charge in [-0.3, -0.25) is 4.79 Å². The second-order valence-electron chi connectivity index (χ2n) is 5.67. The van der Waals surface area contributed by atoms with Crippen LogP contribution in [0.15, 0.2) is 36.5 Å². The third-order valence-corrected chi connectivity index (χ3v) is 3.23. The van der Waals surface area contributed by atoms with Gasteiger partial charge in [-0.25, -0.2) is 9.97 Å². The van der Waals surface area contributed by atoms with Gasteiger partial charge in [0.2, 0.25) is 5.95 Å². The number of carbonyl (C=O) groups excluding carboxylic acids is 1. The van der Waals surface area contributed by atoms with Crippen LogP contribution < -0.4 is 10.6 Å². The largest absolute Gasteiger partial charge is 0.351 e. The number of aromatic nitrogens is 2. The number of anilines is 2. The molecule has 0 saturated carbocycles. The van der Waals surface area contributed by atoms with Gasteiger partial charge in [0.05, 0.1) is 0 Å². The van der Waals surface area contributed by atoms with E-state index in [9.17, 15) is 4.79 Å². The van der Waals surface area contributed by atoms with Gasteiger partial charge in [-0.1, -0.05) is 12.1 Å². The van der Waals surface area contributed by atoms with E-state index < -0.39 is 0 Å². The average molecular weight is 313 g/mol. The first-order valence-electron chi connectivity index (χ1n) is 7.64. The van der Waals surface area contributed by atoms with Crippen molar-refractivity contribution < 1.29 is 4.79 Å². The zero-order valence-electron chi connectivity index (χ0n) is 13.8. The molecule has 1 aromatic carbocycles. The van der Waals surface area contributed by atoms with E-state index in [4.69, 9.17) is 0 Å². The van der Waals surface area contributed by atoms with Gasteiger partial charge in [-0.15, -0.1) is 0 Å². The van der Waals surface area contributed by atoms with Crippen LogP contribution in [0.1, 0.15) is 22.5 Å². The van der Waals surface area contributed by atoms with Crippen LogP contribution in [0.5, 0.6) is 0 Å². The molecule has 0 aliphatic carbocycles. The van der Waals surface area contributed by atoms with E-state index >= 15 is 0 Å². The molecule has 6 heteroatoms. The fraction of sp³-hybridized carbons (Fsp3) is 0.353. The molecule has 0 fully saturated rings. The summed E-state index contributed by atoms with van der Waals surface area (Å²) in [7, 11) is 4.02. The number of benzene rings is 1. The summed E-state index contributed by atoms with van der Waals surface area (Å²) in [6, 6.07) is 9.52. The summed E-state index contributed by atoms with van der Waals surface area (Å²) in [6.07, 6.45) is 2.48. The molecule has 0 bridgehead atoms. The summed E-state index contributed by atoms with van der Waals surface area (Å²) >= 11 is 0. The van der Waals surface area contributed by atoms with Crippen molar-refractivity contribution in [3.8, 4) is 0 Å². The maximum absolute atomic E-state index is 12.1. The van der Waals surface area contributed by atoms with Crippen molar-refractivity contribution in [2.75, 3.05) is 32.5 Å². The summed E-state index contributed by atoms with van der Waals surface area (Å²) in [5.41, 5.74) is 2.40. The van der Waals surface area contributed by atoms with Gasteiger partial charge < -0.3 is 15.5 Å². The minimum Gasteiger partial charge on any atom is -0.351 e. The third kappa shape index (κ3) is 5.67. The highest BCUT2D eigenvalue weighted by Gasteiger charge is 2.08. The second kappa shape index (κ2) is 8.24. The van der Waals surface area contributed by atoms with E-state index in [0.717, 1.165) is 24.2 Å². The molecule has 6 nitrogen and oxygen atoms in total. The Morgan fingerprint density at radius 1 is 1.26 bits per heavy atom. The van der Waals surface area contributed by atoms with Gasteiger partial charge in [-0.05, 0) is 57.7 Å². The van der Waals surface area contributed by atoms with Crippen molar-refractivity contribution in [1.82, 2.24) is 20.2 Å². The molecule has 1 heterocycles. The van der Waals surface area contributed by atoms with Crippen molar-refractivity contribution in [1.29, 1.82) is 0 Å². The van der Waals surface area contributed by atoms with E-state index in [0.29, 0.717) is 18.2 Å². The fourth-order valence-corrected chi connectivity index (χ4v) is 2.09.